The molecule has 1 saturated heterocycles. The molecule has 2 rings (SSSR count). The number of nitrogens with one attached hydrogen (secondary N) is 1. The average Bonchev–Trinajstić information content (AvgIpc) is 2.35. The van der Waals surface area contributed by atoms with Crippen LogP contribution in [0.4, 0.5) is 4.79 Å². The molecule has 0 radical (unpaired) electrons. The van der Waals surface area contributed by atoms with Crippen molar-refractivity contribution in [2.45, 2.75) is 6.42 Å². The van der Waals surface area contributed by atoms with Crippen molar-refractivity contribution in [3.63, 3.8) is 0 Å². The Balaban J connectivity index is 2.08. The summed E-state index contributed by atoms with van der Waals surface area (Å²) in [7, 11) is 0. The predicted octanol–water partition coefficient (Wildman–Crippen LogP) is 0.700. The Morgan fingerprint density at radius 3 is 2.59 bits per heavy atom. The van der Waals surface area contributed by atoms with Crippen LogP contribution in [0, 0.1) is 0 Å². The van der Waals surface area contributed by atoms with E-state index in [9.17, 15) is 14.4 Å². The van der Waals surface area contributed by atoms with Gasteiger partial charge in [-0.3, -0.25) is 4.79 Å². The molecule has 1 heterocycles. The van der Waals surface area contributed by atoms with Crippen molar-refractivity contribution in [1.29, 1.82) is 0 Å². The van der Waals surface area contributed by atoms with Crippen LogP contribution < -0.4 is 5.32 Å². The third-order valence-corrected chi connectivity index (χ3v) is 2.21. The van der Waals surface area contributed by atoms with Crippen LogP contribution in [0.5, 0.6) is 0 Å². The van der Waals surface area contributed by atoms with Gasteiger partial charge >= 0.3 is 12.0 Å². The number of hydrogen-bond donors (Lipinski definition) is 1. The van der Waals surface area contributed by atoms with E-state index in [2.05, 4.69) is 5.32 Å². The quantitative estimate of drug-likeness (QED) is 0.817. The van der Waals surface area contributed by atoms with Gasteiger partial charge in [0.05, 0.1) is 5.56 Å². The lowest BCUT2D eigenvalue weighted by Crippen LogP contribution is -2.50. The number of benzene rings is 1. The number of imide groups is 1. The van der Waals surface area contributed by atoms with E-state index in [4.69, 9.17) is 4.84 Å². The van der Waals surface area contributed by atoms with Gasteiger partial charge in [-0.15, -0.1) is 0 Å². The lowest BCUT2D eigenvalue weighted by molar-refractivity contribution is -0.156. The molecule has 88 valence electrons. The first-order chi connectivity index (χ1) is 8.18. The fraction of sp³-hybridized carbons (Fsp3) is 0.182. The van der Waals surface area contributed by atoms with Gasteiger partial charge in [0.1, 0.15) is 0 Å². The number of rotatable bonds is 2. The van der Waals surface area contributed by atoms with Gasteiger partial charge in [-0.05, 0) is 12.1 Å². The molecule has 0 bridgehead atoms. The SMILES string of the molecule is O=C(ON1C(=O)CCNC1=O)c1ccccc1. The number of nitrogens with zero attached hydrogens (tertiary/aromatic N) is 1. The zero-order valence-electron chi connectivity index (χ0n) is 8.88. The Bertz CT molecular complexity index is 442. The summed E-state index contributed by atoms with van der Waals surface area (Å²) in [5, 5.41) is 2.87. The van der Waals surface area contributed by atoms with Crippen molar-refractivity contribution >= 4 is 17.9 Å². The van der Waals surface area contributed by atoms with Crippen molar-refractivity contribution in [1.82, 2.24) is 10.4 Å². The Morgan fingerprint density at radius 1 is 1.24 bits per heavy atom. The maximum atomic E-state index is 11.6. The minimum Gasteiger partial charge on any atom is -0.335 e. The van der Waals surface area contributed by atoms with E-state index in [1.54, 1.807) is 18.2 Å². The second kappa shape index (κ2) is 4.65. The molecule has 1 fully saturated rings. The summed E-state index contributed by atoms with van der Waals surface area (Å²) >= 11 is 0. The van der Waals surface area contributed by atoms with Crippen molar-refractivity contribution in [3.8, 4) is 0 Å². The van der Waals surface area contributed by atoms with Crippen molar-refractivity contribution in [2.75, 3.05) is 6.54 Å². The summed E-state index contributed by atoms with van der Waals surface area (Å²) in [5.74, 6) is -1.27. The van der Waals surface area contributed by atoms with Crippen LogP contribution in [-0.4, -0.2) is 29.5 Å². The molecular formula is C11H10N2O4. The summed E-state index contributed by atoms with van der Waals surface area (Å²) in [6.07, 6.45) is 0.119. The minimum absolute atomic E-state index is 0.119. The van der Waals surface area contributed by atoms with Gasteiger partial charge < -0.3 is 10.2 Å². The van der Waals surface area contributed by atoms with E-state index in [1.165, 1.54) is 12.1 Å². The lowest BCUT2D eigenvalue weighted by Gasteiger charge is -2.23. The monoisotopic (exact) mass is 234 g/mol. The number of carbonyl (C=O) groups is 3. The van der Waals surface area contributed by atoms with E-state index in [0.717, 1.165) is 0 Å². The summed E-state index contributed by atoms with van der Waals surface area (Å²) in [6, 6.07) is 7.42. The number of hydrogen-bond acceptors (Lipinski definition) is 4. The number of carbonyl (C=O) groups excluding carboxylic acids is 3. The van der Waals surface area contributed by atoms with Gasteiger partial charge in [0.15, 0.2) is 0 Å². The normalized spacial score (nSPS) is 15.4. The molecule has 1 aliphatic heterocycles. The fourth-order valence-electron chi connectivity index (χ4n) is 1.37. The van der Waals surface area contributed by atoms with Crippen LogP contribution in [0.15, 0.2) is 30.3 Å². The maximum absolute atomic E-state index is 11.6. The van der Waals surface area contributed by atoms with Gasteiger partial charge in [0.2, 0.25) is 0 Å². The summed E-state index contributed by atoms with van der Waals surface area (Å²) in [6.45, 7) is 0.261. The molecule has 0 atom stereocenters. The fourth-order valence-corrected chi connectivity index (χ4v) is 1.37. The highest BCUT2D eigenvalue weighted by Gasteiger charge is 2.30. The molecule has 0 spiro atoms. The molecule has 1 aliphatic rings. The summed E-state index contributed by atoms with van der Waals surface area (Å²) < 4.78 is 0. The Kier molecular flexibility index (Phi) is 3.04. The number of hydroxylamine groups is 2. The predicted molar refractivity (Wildman–Crippen MR) is 56.7 cm³/mol. The number of urea groups is 1. The first-order valence-electron chi connectivity index (χ1n) is 5.06. The molecule has 0 aromatic heterocycles. The van der Waals surface area contributed by atoms with Gasteiger partial charge in [-0.2, -0.15) is 0 Å². The van der Waals surface area contributed by atoms with E-state index in [0.29, 0.717) is 5.06 Å². The molecule has 3 amide bonds. The summed E-state index contributed by atoms with van der Waals surface area (Å²) in [4.78, 5) is 39.0. The molecule has 0 aliphatic carbocycles. The molecule has 0 unspecified atom stereocenters. The molecular weight excluding hydrogens is 224 g/mol. The van der Waals surface area contributed by atoms with Gasteiger partial charge in [-0.1, -0.05) is 23.3 Å². The highest BCUT2D eigenvalue weighted by Crippen LogP contribution is 2.07. The molecule has 6 nitrogen and oxygen atoms in total. The van der Waals surface area contributed by atoms with Gasteiger partial charge in [0.25, 0.3) is 5.91 Å². The van der Waals surface area contributed by atoms with E-state index >= 15 is 0 Å². The maximum Gasteiger partial charge on any atom is 0.363 e. The molecule has 1 N–H and O–H groups in total. The van der Waals surface area contributed by atoms with Crippen molar-refractivity contribution < 1.29 is 19.2 Å². The first-order valence-corrected chi connectivity index (χ1v) is 5.06. The van der Waals surface area contributed by atoms with Crippen molar-refractivity contribution in [2.24, 2.45) is 0 Å². The smallest absolute Gasteiger partial charge is 0.335 e. The van der Waals surface area contributed by atoms with Gasteiger partial charge in [0, 0.05) is 13.0 Å². The van der Waals surface area contributed by atoms with Crippen LogP contribution in [0.2, 0.25) is 0 Å². The van der Waals surface area contributed by atoms with Gasteiger partial charge in [-0.25, -0.2) is 9.59 Å². The number of amides is 3. The molecule has 6 heteroatoms. The third kappa shape index (κ3) is 2.41. The topological polar surface area (TPSA) is 75.7 Å². The largest absolute Gasteiger partial charge is 0.363 e. The standard InChI is InChI=1S/C11H10N2O4/c14-9-6-7-12-11(16)13(9)17-10(15)8-4-2-1-3-5-8/h1-5H,6-7H2,(H,12,16). The Morgan fingerprint density at radius 2 is 1.94 bits per heavy atom. The van der Waals surface area contributed by atoms with Crippen LogP contribution >= 0.6 is 0 Å². The molecule has 17 heavy (non-hydrogen) atoms. The molecule has 1 aromatic rings. The highest BCUT2D eigenvalue weighted by atomic mass is 16.7. The zero-order chi connectivity index (χ0) is 12.3. The van der Waals surface area contributed by atoms with Crippen molar-refractivity contribution in [3.05, 3.63) is 35.9 Å². The van der Waals surface area contributed by atoms with E-state index in [-0.39, 0.29) is 18.5 Å². The lowest BCUT2D eigenvalue weighted by atomic mass is 10.2. The molecule has 0 saturated carbocycles. The first kappa shape index (κ1) is 11.1. The second-order valence-corrected chi connectivity index (χ2v) is 3.41. The summed E-state index contributed by atoms with van der Waals surface area (Å²) in [5.41, 5.74) is 0.277. The Hall–Kier alpha value is -2.37. The van der Waals surface area contributed by atoms with Crippen LogP contribution in [0.1, 0.15) is 16.8 Å². The third-order valence-electron chi connectivity index (χ3n) is 2.21. The van der Waals surface area contributed by atoms with Crippen LogP contribution in [0.25, 0.3) is 0 Å². The highest BCUT2D eigenvalue weighted by molar-refractivity contribution is 5.98. The minimum atomic E-state index is -0.740. The molecule has 1 aromatic carbocycles. The average molecular weight is 234 g/mol. The van der Waals surface area contributed by atoms with Crippen LogP contribution in [-0.2, 0) is 9.63 Å². The van der Waals surface area contributed by atoms with E-state index < -0.39 is 17.9 Å². The second-order valence-electron chi connectivity index (χ2n) is 3.41. The van der Waals surface area contributed by atoms with E-state index in [1.807, 2.05) is 0 Å². The zero-order valence-corrected chi connectivity index (χ0v) is 8.88. The Labute approximate surface area is 97.1 Å². The van der Waals surface area contributed by atoms with Crippen LogP contribution in [0.3, 0.4) is 0 Å².